The second-order valence-electron chi connectivity index (χ2n) is 7.76. The molecule has 0 bridgehead atoms. The Morgan fingerprint density at radius 2 is 1.67 bits per heavy atom. The Kier molecular flexibility index (Phi) is 7.81. The molecular formula is C21H23N7O5S3. The molecule has 0 spiro atoms. The Bertz CT molecular complexity index is 1330. The van der Waals surface area contributed by atoms with Gasteiger partial charge in [-0.3, -0.25) is 19.6 Å². The van der Waals surface area contributed by atoms with Crippen molar-refractivity contribution in [2.75, 3.05) is 41.5 Å². The highest BCUT2D eigenvalue weighted by Crippen LogP contribution is 2.21. The molecule has 4 amide bonds. The van der Waals surface area contributed by atoms with Gasteiger partial charge in [-0.2, -0.15) is 0 Å². The summed E-state index contributed by atoms with van der Waals surface area (Å²) < 4.78 is 27.2. The van der Waals surface area contributed by atoms with E-state index in [9.17, 15) is 22.8 Å². The Morgan fingerprint density at radius 3 is 2.31 bits per heavy atom. The Labute approximate surface area is 215 Å². The maximum Gasteiger partial charge on any atom is 0.323 e. The fourth-order valence-electron chi connectivity index (χ4n) is 3.38. The molecule has 3 aromatic rings. The summed E-state index contributed by atoms with van der Waals surface area (Å²) in [7, 11) is -3.78. The number of urea groups is 1. The molecule has 1 aliphatic heterocycles. The number of sulfonamides is 1. The number of carbonyl (C=O) groups excluding carboxylic acids is 3. The normalized spacial score (nSPS) is 13.8. The van der Waals surface area contributed by atoms with Crippen molar-refractivity contribution in [3.05, 3.63) is 46.9 Å². The first-order valence-corrected chi connectivity index (χ1v) is 14.0. The van der Waals surface area contributed by atoms with Gasteiger partial charge in [0.1, 0.15) is 0 Å². The number of benzene rings is 1. The number of hydrogen-bond acceptors (Lipinski definition) is 9. The van der Waals surface area contributed by atoms with E-state index in [-0.39, 0.29) is 34.3 Å². The average Bonchev–Trinajstić information content (AvgIpc) is 3.51. The van der Waals surface area contributed by atoms with Gasteiger partial charge in [0, 0.05) is 55.7 Å². The summed E-state index contributed by atoms with van der Waals surface area (Å²) in [5.74, 6) is -0.349. The van der Waals surface area contributed by atoms with E-state index in [0.29, 0.717) is 42.7 Å². The third-order valence-corrected chi connectivity index (χ3v) is 8.20. The van der Waals surface area contributed by atoms with E-state index in [1.165, 1.54) is 60.1 Å². The van der Waals surface area contributed by atoms with Crippen LogP contribution < -0.4 is 15.4 Å². The first-order chi connectivity index (χ1) is 17.2. The van der Waals surface area contributed by atoms with Crippen LogP contribution in [0.1, 0.15) is 12.6 Å². The topological polar surface area (TPSA) is 154 Å². The van der Waals surface area contributed by atoms with Gasteiger partial charge < -0.3 is 15.1 Å². The van der Waals surface area contributed by atoms with Gasteiger partial charge in [0.15, 0.2) is 10.3 Å². The van der Waals surface area contributed by atoms with Gasteiger partial charge in [0.05, 0.1) is 17.0 Å². The molecule has 3 heterocycles. The third kappa shape index (κ3) is 6.56. The largest absolute Gasteiger partial charge is 0.339 e. The van der Waals surface area contributed by atoms with E-state index in [0.717, 1.165) is 0 Å². The van der Waals surface area contributed by atoms with E-state index in [4.69, 9.17) is 0 Å². The molecular weight excluding hydrogens is 526 g/mol. The molecule has 1 aromatic carbocycles. The quantitative estimate of drug-likeness (QED) is 0.409. The number of piperazine rings is 1. The number of thiazole rings is 2. The van der Waals surface area contributed by atoms with Crippen LogP contribution in [0, 0.1) is 0 Å². The van der Waals surface area contributed by atoms with Gasteiger partial charge >= 0.3 is 6.03 Å². The predicted molar refractivity (Wildman–Crippen MR) is 137 cm³/mol. The van der Waals surface area contributed by atoms with Crippen LogP contribution >= 0.6 is 22.7 Å². The first kappa shape index (κ1) is 25.5. The summed E-state index contributed by atoms with van der Waals surface area (Å²) in [6.07, 6.45) is 1.48. The third-order valence-electron chi connectivity index (χ3n) is 5.22. The number of aromatic nitrogens is 2. The fraction of sp³-hybridized carbons (Fsp3) is 0.286. The smallest absolute Gasteiger partial charge is 0.323 e. The summed E-state index contributed by atoms with van der Waals surface area (Å²) in [5, 5.41) is 9.41. The van der Waals surface area contributed by atoms with Crippen molar-refractivity contribution < 1.29 is 22.8 Å². The molecule has 0 atom stereocenters. The highest BCUT2D eigenvalue weighted by molar-refractivity contribution is 7.93. The molecule has 0 unspecified atom stereocenters. The van der Waals surface area contributed by atoms with E-state index in [2.05, 4.69) is 25.3 Å². The zero-order valence-electron chi connectivity index (χ0n) is 19.1. The van der Waals surface area contributed by atoms with Crippen LogP contribution in [0.3, 0.4) is 0 Å². The second kappa shape index (κ2) is 11.0. The average molecular weight is 550 g/mol. The van der Waals surface area contributed by atoms with Crippen molar-refractivity contribution in [3.8, 4) is 0 Å². The van der Waals surface area contributed by atoms with Crippen molar-refractivity contribution in [1.82, 2.24) is 19.8 Å². The number of anilines is 3. The maximum absolute atomic E-state index is 12.5. The van der Waals surface area contributed by atoms with Crippen LogP contribution in [0.2, 0.25) is 0 Å². The van der Waals surface area contributed by atoms with Crippen molar-refractivity contribution in [2.24, 2.45) is 0 Å². The lowest BCUT2D eigenvalue weighted by Crippen LogP contribution is -2.51. The van der Waals surface area contributed by atoms with Crippen molar-refractivity contribution in [3.63, 3.8) is 0 Å². The van der Waals surface area contributed by atoms with Crippen LogP contribution in [0.4, 0.5) is 20.7 Å². The fourth-order valence-corrected chi connectivity index (χ4v) is 5.86. The minimum atomic E-state index is -3.78. The van der Waals surface area contributed by atoms with Crippen LogP contribution in [0.15, 0.2) is 46.1 Å². The number of carbonyl (C=O) groups is 3. The number of amides is 4. The van der Waals surface area contributed by atoms with Gasteiger partial charge in [0.25, 0.3) is 10.0 Å². The summed E-state index contributed by atoms with van der Waals surface area (Å²) in [6.45, 7) is 3.36. The first-order valence-electron chi connectivity index (χ1n) is 10.8. The summed E-state index contributed by atoms with van der Waals surface area (Å²) >= 11 is 2.38. The van der Waals surface area contributed by atoms with E-state index >= 15 is 0 Å². The lowest BCUT2D eigenvalue weighted by Gasteiger charge is -2.33. The minimum Gasteiger partial charge on any atom is -0.339 e. The van der Waals surface area contributed by atoms with Crippen LogP contribution in [0.25, 0.3) is 0 Å². The van der Waals surface area contributed by atoms with Gasteiger partial charge in [-0.05, 0) is 24.3 Å². The molecule has 3 N–H and O–H groups in total. The van der Waals surface area contributed by atoms with Crippen LogP contribution in [-0.2, 0) is 26.0 Å². The summed E-state index contributed by atoms with van der Waals surface area (Å²) in [4.78, 5) is 47.8. The molecule has 190 valence electrons. The van der Waals surface area contributed by atoms with E-state index < -0.39 is 10.0 Å². The number of hydrogen-bond donors (Lipinski definition) is 3. The molecule has 36 heavy (non-hydrogen) atoms. The van der Waals surface area contributed by atoms with Gasteiger partial charge in [-0.15, -0.1) is 22.7 Å². The molecule has 1 saturated heterocycles. The van der Waals surface area contributed by atoms with Crippen LogP contribution in [-0.4, -0.2) is 72.2 Å². The molecule has 15 heteroatoms. The zero-order chi connectivity index (χ0) is 25.7. The van der Waals surface area contributed by atoms with Gasteiger partial charge in [0.2, 0.25) is 11.8 Å². The van der Waals surface area contributed by atoms with Crippen molar-refractivity contribution >= 4 is 66.5 Å². The molecule has 2 aromatic heterocycles. The highest BCUT2D eigenvalue weighted by atomic mass is 32.2. The number of rotatable bonds is 7. The molecule has 1 aliphatic rings. The lowest BCUT2D eigenvalue weighted by molar-refractivity contribution is -0.130. The molecule has 0 radical (unpaired) electrons. The van der Waals surface area contributed by atoms with Crippen LogP contribution in [0.5, 0.6) is 0 Å². The Morgan fingerprint density at radius 1 is 0.972 bits per heavy atom. The Balaban J connectivity index is 1.27. The maximum atomic E-state index is 12.5. The van der Waals surface area contributed by atoms with Gasteiger partial charge in [-0.25, -0.2) is 23.2 Å². The van der Waals surface area contributed by atoms with Gasteiger partial charge in [-0.1, -0.05) is 0 Å². The monoisotopic (exact) mass is 549 g/mol. The van der Waals surface area contributed by atoms with E-state index in [1.807, 2.05) is 0 Å². The second-order valence-corrected chi connectivity index (χ2v) is 11.2. The number of nitrogens with one attached hydrogen (secondary N) is 3. The summed E-state index contributed by atoms with van der Waals surface area (Å²) in [5.41, 5.74) is 0.919. The number of nitrogens with zero attached hydrogens (tertiary/aromatic N) is 4. The molecule has 0 saturated carbocycles. The zero-order valence-corrected chi connectivity index (χ0v) is 21.6. The van der Waals surface area contributed by atoms with Crippen molar-refractivity contribution in [2.45, 2.75) is 18.2 Å². The molecule has 0 aliphatic carbocycles. The Hall–Kier alpha value is -3.56. The standard InChI is InChI=1S/C21H23N7O5S3/c1-14(29)27-7-9-28(10-8-27)21(31)25-20-24-16(13-35-20)12-18(30)23-15-2-4-17(5-3-15)36(32,33)26-19-22-6-11-34-19/h2-6,11,13H,7-10,12H2,1H3,(H,22,26)(H,23,30)(H,24,25,31). The molecule has 1 fully saturated rings. The SMILES string of the molecule is CC(=O)N1CCN(C(=O)Nc2nc(CC(=O)Nc3ccc(S(=O)(=O)Nc4nccs4)cc3)cs2)CC1. The van der Waals surface area contributed by atoms with Crippen molar-refractivity contribution in [1.29, 1.82) is 0 Å². The highest BCUT2D eigenvalue weighted by Gasteiger charge is 2.23. The van der Waals surface area contributed by atoms with E-state index in [1.54, 1.807) is 20.6 Å². The lowest BCUT2D eigenvalue weighted by atomic mass is 10.3. The molecule has 4 rings (SSSR count). The minimum absolute atomic E-state index is 0.0115. The summed E-state index contributed by atoms with van der Waals surface area (Å²) in [6, 6.07) is 5.46. The molecule has 12 nitrogen and oxygen atoms in total. The predicted octanol–water partition coefficient (Wildman–Crippen LogP) is 2.28.